The van der Waals surface area contributed by atoms with Crippen molar-refractivity contribution in [2.45, 2.75) is 104 Å². The summed E-state index contributed by atoms with van der Waals surface area (Å²) in [7, 11) is 0. The molecule has 4 aliphatic rings. The van der Waals surface area contributed by atoms with Crippen molar-refractivity contribution >= 4 is 0 Å². The summed E-state index contributed by atoms with van der Waals surface area (Å²) < 4.78 is 1.95. The first-order valence-electron chi connectivity index (χ1n) is 13.0. The lowest BCUT2D eigenvalue weighted by Crippen LogP contribution is -2.51. The first kappa shape index (κ1) is 22.6. The van der Waals surface area contributed by atoms with E-state index in [1.54, 1.807) is 19.4 Å². The molecule has 1 aromatic rings. The number of hydrogen-bond donors (Lipinski definition) is 2. The molecule has 0 unspecified atom stereocenters. The molecule has 0 amide bonds. The van der Waals surface area contributed by atoms with Crippen molar-refractivity contribution in [1.82, 2.24) is 15.0 Å². The maximum absolute atomic E-state index is 10.2. The Morgan fingerprint density at radius 1 is 1.16 bits per heavy atom. The highest BCUT2D eigenvalue weighted by Gasteiger charge is 2.59. The second kappa shape index (κ2) is 7.66. The number of aliphatic hydroxyl groups excluding tert-OH is 1. The van der Waals surface area contributed by atoms with Gasteiger partial charge in [0.2, 0.25) is 0 Å². The fraction of sp³-hybridized carbons (Fsp3) is 0.852. The van der Waals surface area contributed by atoms with Gasteiger partial charge in [-0.2, -0.15) is 0 Å². The topological polar surface area (TPSA) is 71.2 Å². The molecule has 5 nitrogen and oxygen atoms in total. The molecule has 3 saturated carbocycles. The van der Waals surface area contributed by atoms with Gasteiger partial charge in [0.05, 0.1) is 12.3 Å². The molecule has 0 radical (unpaired) electrons. The molecule has 8 atom stereocenters. The maximum atomic E-state index is 10.2. The molecule has 1 aromatic heterocycles. The summed E-state index contributed by atoms with van der Waals surface area (Å²) in [5, 5.41) is 29.0. The van der Waals surface area contributed by atoms with Gasteiger partial charge in [-0.15, -0.1) is 5.10 Å². The predicted molar refractivity (Wildman–Crippen MR) is 126 cm³/mol. The van der Waals surface area contributed by atoms with Gasteiger partial charge in [0.1, 0.15) is 11.3 Å². The zero-order valence-electron chi connectivity index (χ0n) is 20.7. The van der Waals surface area contributed by atoms with E-state index < -0.39 is 5.60 Å². The molecule has 1 heterocycles. The lowest BCUT2D eigenvalue weighted by molar-refractivity contribution is -0.0578. The van der Waals surface area contributed by atoms with Crippen LogP contribution in [-0.2, 0) is 12.1 Å². The first-order chi connectivity index (χ1) is 15.0. The van der Waals surface area contributed by atoms with E-state index in [9.17, 15) is 10.2 Å². The van der Waals surface area contributed by atoms with Crippen LogP contribution in [0.3, 0.4) is 0 Å². The Morgan fingerprint density at radius 2 is 1.94 bits per heavy atom. The van der Waals surface area contributed by atoms with Gasteiger partial charge >= 0.3 is 0 Å². The third kappa shape index (κ3) is 3.50. The van der Waals surface area contributed by atoms with Crippen LogP contribution in [0.1, 0.15) is 91.7 Å². The van der Waals surface area contributed by atoms with E-state index in [1.165, 1.54) is 38.5 Å². The van der Waals surface area contributed by atoms with Crippen LogP contribution >= 0.6 is 0 Å². The summed E-state index contributed by atoms with van der Waals surface area (Å²) in [4.78, 5) is 0. The van der Waals surface area contributed by atoms with Crippen LogP contribution in [0.2, 0.25) is 0 Å². The smallest absolute Gasteiger partial charge is 0.114 e. The minimum absolute atomic E-state index is 0.120. The van der Waals surface area contributed by atoms with E-state index in [-0.39, 0.29) is 6.10 Å². The van der Waals surface area contributed by atoms with E-state index in [0.717, 1.165) is 43.1 Å². The third-order valence-corrected chi connectivity index (χ3v) is 10.5. The second-order valence-electron chi connectivity index (χ2n) is 12.7. The normalized spacial score (nSPS) is 42.6. The van der Waals surface area contributed by atoms with Crippen LogP contribution in [0.4, 0.5) is 0 Å². The highest BCUT2D eigenvalue weighted by Crippen LogP contribution is 2.67. The molecular formula is C27H43N3O2. The summed E-state index contributed by atoms with van der Waals surface area (Å²) in [6.07, 6.45) is 14.0. The molecule has 32 heavy (non-hydrogen) atoms. The first-order valence-corrected chi connectivity index (χ1v) is 13.0. The van der Waals surface area contributed by atoms with Crippen molar-refractivity contribution in [2.24, 2.45) is 40.4 Å². The Hall–Kier alpha value is -1.20. The molecule has 0 aliphatic heterocycles. The molecule has 0 aromatic carbocycles. The van der Waals surface area contributed by atoms with Gasteiger partial charge in [0.15, 0.2) is 0 Å². The molecule has 2 N–H and O–H groups in total. The number of rotatable bonds is 4. The van der Waals surface area contributed by atoms with Crippen molar-refractivity contribution < 1.29 is 10.2 Å². The predicted octanol–water partition coefficient (Wildman–Crippen LogP) is 5.08. The number of fused-ring (bicyclic) bond motifs is 5. The Bertz CT molecular complexity index is 886. The zero-order valence-corrected chi connectivity index (χ0v) is 20.7. The summed E-state index contributed by atoms with van der Waals surface area (Å²) in [5.41, 5.74) is 2.01. The number of aromatic nitrogens is 3. The Labute approximate surface area is 193 Å². The molecule has 0 bridgehead atoms. The van der Waals surface area contributed by atoms with E-state index in [2.05, 4.69) is 37.2 Å². The van der Waals surface area contributed by atoms with Gasteiger partial charge in [-0.3, -0.25) is 4.68 Å². The lowest BCUT2D eigenvalue weighted by atomic mass is 9.47. The molecular weight excluding hydrogens is 398 g/mol. The van der Waals surface area contributed by atoms with E-state index in [4.69, 9.17) is 0 Å². The largest absolute Gasteiger partial charge is 0.393 e. The van der Waals surface area contributed by atoms with Gasteiger partial charge < -0.3 is 10.2 Å². The summed E-state index contributed by atoms with van der Waals surface area (Å²) in [5.74, 6) is 3.69. The quantitative estimate of drug-likeness (QED) is 0.639. The van der Waals surface area contributed by atoms with E-state index >= 15 is 0 Å². The molecule has 0 saturated heterocycles. The lowest BCUT2D eigenvalue weighted by Gasteiger charge is -2.58. The third-order valence-electron chi connectivity index (χ3n) is 10.5. The highest BCUT2D eigenvalue weighted by atomic mass is 16.3. The fourth-order valence-corrected chi connectivity index (χ4v) is 8.71. The molecule has 0 spiro atoms. The van der Waals surface area contributed by atoms with Gasteiger partial charge in [-0.1, -0.05) is 37.6 Å². The minimum Gasteiger partial charge on any atom is -0.393 e. The van der Waals surface area contributed by atoms with E-state index in [0.29, 0.717) is 22.4 Å². The minimum atomic E-state index is -0.942. The average Bonchev–Trinajstić information content (AvgIpc) is 3.32. The molecule has 5 heteroatoms. The van der Waals surface area contributed by atoms with Crippen LogP contribution in [-0.4, -0.2) is 31.3 Å². The van der Waals surface area contributed by atoms with Crippen molar-refractivity contribution in [2.75, 3.05) is 0 Å². The van der Waals surface area contributed by atoms with Gasteiger partial charge in [0, 0.05) is 6.54 Å². The summed E-state index contributed by atoms with van der Waals surface area (Å²) in [6.45, 7) is 11.9. The monoisotopic (exact) mass is 441 g/mol. The summed E-state index contributed by atoms with van der Waals surface area (Å²) in [6, 6.07) is 0. The number of nitrogens with zero attached hydrogens (tertiary/aromatic N) is 3. The van der Waals surface area contributed by atoms with Gasteiger partial charge in [-0.25, -0.2) is 0 Å². The van der Waals surface area contributed by atoms with Crippen LogP contribution in [0.15, 0.2) is 17.8 Å². The van der Waals surface area contributed by atoms with Crippen LogP contribution in [0, 0.1) is 40.4 Å². The van der Waals surface area contributed by atoms with Crippen LogP contribution < -0.4 is 0 Å². The number of aliphatic hydroxyl groups is 2. The maximum Gasteiger partial charge on any atom is 0.114 e. The number of hydrogen-bond acceptors (Lipinski definition) is 4. The van der Waals surface area contributed by atoms with Crippen molar-refractivity contribution in [3.8, 4) is 0 Å². The summed E-state index contributed by atoms with van der Waals surface area (Å²) >= 11 is 0. The molecule has 4 aliphatic carbocycles. The Morgan fingerprint density at radius 3 is 2.66 bits per heavy atom. The fourth-order valence-electron chi connectivity index (χ4n) is 8.71. The Balaban J connectivity index is 1.33. The van der Waals surface area contributed by atoms with Crippen molar-refractivity contribution in [3.05, 3.63) is 23.5 Å². The Kier molecular flexibility index (Phi) is 5.41. The molecule has 178 valence electrons. The van der Waals surface area contributed by atoms with Crippen molar-refractivity contribution in [3.63, 3.8) is 0 Å². The van der Waals surface area contributed by atoms with Crippen LogP contribution in [0.5, 0.6) is 0 Å². The van der Waals surface area contributed by atoms with Gasteiger partial charge in [-0.05, 0) is 106 Å². The second-order valence-corrected chi connectivity index (χ2v) is 12.7. The van der Waals surface area contributed by atoms with E-state index in [1.807, 2.05) is 10.9 Å². The van der Waals surface area contributed by atoms with Crippen LogP contribution in [0.25, 0.3) is 0 Å². The molecule has 3 fully saturated rings. The molecule has 5 rings (SSSR count). The van der Waals surface area contributed by atoms with Crippen molar-refractivity contribution in [1.29, 1.82) is 0 Å². The number of allylic oxidation sites excluding steroid dienone is 1. The SMILES string of the molecule is C[C@H](Cn1cc(C(C)(C)O)nn1)[C@H]1CC[C@H]2[C@@H]3CC=C4C[C@@H](O)CC[C@]4(C)[C@H]3CC[C@]12C. The zero-order chi connectivity index (χ0) is 22.9. The average molecular weight is 442 g/mol. The van der Waals surface area contributed by atoms with Gasteiger partial charge in [0.25, 0.3) is 0 Å². The highest BCUT2D eigenvalue weighted by molar-refractivity contribution is 5.25. The standard InChI is InChI=1S/C27H43N3O2/c1-17(15-30-16-24(28-29-30)25(2,3)32)21-8-9-22-20-7-6-18-14-19(31)10-12-26(18,4)23(20)11-13-27(21,22)5/h6,16-17,19-23,31-32H,7-15H2,1-5H3/t17-,19+,20+,21-,22+,23+,26+,27-/m1/s1.